The second-order valence-corrected chi connectivity index (χ2v) is 7.58. The van der Waals surface area contributed by atoms with Crippen LogP contribution in [0.4, 0.5) is 0 Å². The summed E-state index contributed by atoms with van der Waals surface area (Å²) in [5.41, 5.74) is 0. The Morgan fingerprint density at radius 3 is 1.25 bits per heavy atom. The highest BCUT2D eigenvalue weighted by Gasteiger charge is 2.13. The third kappa shape index (κ3) is 8.09. The number of unbranched alkanes of at least 4 members (excludes halogenated alkanes) is 9. The molecule has 2 heterocycles. The Balaban J connectivity index is 1.29. The van der Waals surface area contributed by atoms with Gasteiger partial charge in [-0.2, -0.15) is 8.42 Å². The fourth-order valence-corrected chi connectivity index (χ4v) is 3.67. The highest BCUT2D eigenvalue weighted by atomic mass is 32.2. The molecule has 24 heavy (non-hydrogen) atoms. The molecule has 0 fully saturated rings. The molecule has 0 saturated carbocycles. The molecule has 2 aliphatic heterocycles. The molecule has 2 atom stereocenters. The third-order valence-corrected chi connectivity index (χ3v) is 5.13. The highest BCUT2D eigenvalue weighted by Crippen LogP contribution is 2.13. The first-order valence-electron chi connectivity index (χ1n) is 8.59. The summed E-state index contributed by atoms with van der Waals surface area (Å²) >= 11 is -2.91. The van der Waals surface area contributed by atoms with Gasteiger partial charge >= 0.3 is 22.5 Å². The van der Waals surface area contributed by atoms with Gasteiger partial charge in [0.25, 0.3) is 0 Å². The van der Waals surface area contributed by atoms with Crippen molar-refractivity contribution in [2.75, 3.05) is 0 Å². The van der Waals surface area contributed by atoms with Crippen molar-refractivity contribution < 1.29 is 17.0 Å². The Labute approximate surface area is 148 Å². The van der Waals surface area contributed by atoms with Gasteiger partial charge in [-0.1, -0.05) is 61.7 Å². The minimum Gasteiger partial charge on any atom is -0.269 e. The quantitative estimate of drug-likeness (QED) is 0.481. The average molecular weight is 379 g/mol. The van der Waals surface area contributed by atoms with Gasteiger partial charge in [-0.15, -0.1) is 0 Å². The molecule has 0 radical (unpaired) electrons. The summed E-state index contributed by atoms with van der Waals surface area (Å²) in [6.07, 6.45) is 13.7. The minimum absolute atomic E-state index is 0.699. The van der Waals surface area contributed by atoms with Crippen LogP contribution in [0.2, 0.25) is 0 Å². The fraction of sp³-hybridized carbons (Fsp3) is 0.857. The standard InChI is InChI=1S/C14H26N4O4S2/c19-23-17-13(15-21-23)11-9-7-5-3-1-2-4-6-8-10-12-14-16-22-24(20)18-14/h1-12H2,(H,15,17)(H,16,18). The Morgan fingerprint density at radius 1 is 0.625 bits per heavy atom. The predicted octanol–water partition coefficient (Wildman–Crippen LogP) is 2.69. The molecule has 0 aromatic rings. The van der Waals surface area contributed by atoms with Gasteiger partial charge in [0, 0.05) is 12.8 Å². The van der Waals surface area contributed by atoms with Gasteiger partial charge in [0.05, 0.1) is 0 Å². The molecule has 0 saturated heterocycles. The van der Waals surface area contributed by atoms with Crippen molar-refractivity contribution in [2.45, 2.75) is 77.0 Å². The van der Waals surface area contributed by atoms with Gasteiger partial charge in [-0.3, -0.25) is 18.0 Å². The number of oxime groups is 2. The zero-order valence-corrected chi connectivity index (χ0v) is 15.5. The molecular formula is C14H26N4O4S2. The molecule has 2 unspecified atom stereocenters. The molecule has 2 rings (SSSR count). The first kappa shape index (κ1) is 19.2. The molecule has 0 aromatic carbocycles. The molecule has 0 aromatic heterocycles. The smallest absolute Gasteiger partial charge is 0.269 e. The van der Waals surface area contributed by atoms with Crippen molar-refractivity contribution in [3.05, 3.63) is 0 Å². The maximum absolute atomic E-state index is 10.9. The zero-order valence-electron chi connectivity index (χ0n) is 13.8. The molecule has 0 aliphatic carbocycles. The van der Waals surface area contributed by atoms with Gasteiger partial charge in [-0.25, -0.2) is 0 Å². The lowest BCUT2D eigenvalue weighted by Crippen LogP contribution is -2.18. The number of amidine groups is 2. The van der Waals surface area contributed by atoms with Crippen molar-refractivity contribution in [1.29, 1.82) is 0 Å². The predicted molar refractivity (Wildman–Crippen MR) is 95.0 cm³/mol. The third-order valence-electron chi connectivity index (χ3n) is 3.91. The van der Waals surface area contributed by atoms with Gasteiger partial charge < -0.3 is 0 Å². The molecule has 8 nitrogen and oxygen atoms in total. The van der Waals surface area contributed by atoms with Crippen LogP contribution in [0.15, 0.2) is 10.3 Å². The second-order valence-electron chi connectivity index (χ2n) is 5.93. The number of hydrogen-bond acceptors (Lipinski definition) is 6. The lowest BCUT2D eigenvalue weighted by Gasteiger charge is -2.03. The van der Waals surface area contributed by atoms with E-state index in [-0.39, 0.29) is 0 Å². The van der Waals surface area contributed by atoms with Gasteiger partial charge in [0.1, 0.15) is 0 Å². The van der Waals surface area contributed by atoms with E-state index in [2.05, 4.69) is 28.3 Å². The molecule has 0 spiro atoms. The topological polar surface area (TPSA) is 101 Å². The van der Waals surface area contributed by atoms with E-state index in [0.717, 1.165) is 25.7 Å². The molecule has 2 N–H and O–H groups in total. The van der Waals surface area contributed by atoms with E-state index in [9.17, 15) is 8.42 Å². The second kappa shape index (κ2) is 11.4. The van der Waals surface area contributed by atoms with Crippen LogP contribution in [0.3, 0.4) is 0 Å². The van der Waals surface area contributed by atoms with Crippen LogP contribution in [-0.4, -0.2) is 20.1 Å². The molecule has 2 aliphatic rings. The lowest BCUT2D eigenvalue weighted by atomic mass is 10.0. The fourth-order valence-electron chi connectivity index (χ4n) is 2.62. The van der Waals surface area contributed by atoms with Crippen LogP contribution >= 0.6 is 0 Å². The Morgan fingerprint density at radius 2 is 0.958 bits per heavy atom. The van der Waals surface area contributed by atoms with Crippen LogP contribution < -0.4 is 9.44 Å². The van der Waals surface area contributed by atoms with Crippen molar-refractivity contribution in [3.63, 3.8) is 0 Å². The molecule has 10 heteroatoms. The Bertz CT molecular complexity index is 455. The van der Waals surface area contributed by atoms with Gasteiger partial charge in [0.15, 0.2) is 11.7 Å². The monoisotopic (exact) mass is 378 g/mol. The van der Waals surface area contributed by atoms with E-state index >= 15 is 0 Å². The van der Waals surface area contributed by atoms with Crippen LogP contribution in [0.25, 0.3) is 0 Å². The Kier molecular flexibility index (Phi) is 9.11. The summed E-state index contributed by atoms with van der Waals surface area (Å²) < 4.78 is 36.2. The van der Waals surface area contributed by atoms with Crippen LogP contribution in [0, 0.1) is 0 Å². The summed E-state index contributed by atoms with van der Waals surface area (Å²) in [6, 6.07) is 0. The maximum Gasteiger partial charge on any atom is 0.338 e. The number of nitrogens with zero attached hydrogens (tertiary/aromatic N) is 2. The van der Waals surface area contributed by atoms with E-state index < -0.39 is 22.5 Å². The molecule has 138 valence electrons. The van der Waals surface area contributed by atoms with Crippen molar-refractivity contribution in [2.24, 2.45) is 10.3 Å². The van der Waals surface area contributed by atoms with E-state index in [0.29, 0.717) is 11.7 Å². The van der Waals surface area contributed by atoms with E-state index in [1.165, 1.54) is 51.4 Å². The summed E-state index contributed by atoms with van der Waals surface area (Å²) in [6.45, 7) is 0. The van der Waals surface area contributed by atoms with E-state index in [1.54, 1.807) is 0 Å². The normalized spacial score (nSPS) is 22.2. The van der Waals surface area contributed by atoms with Gasteiger partial charge in [0.2, 0.25) is 0 Å². The summed E-state index contributed by atoms with van der Waals surface area (Å²) in [7, 11) is 0. The van der Waals surface area contributed by atoms with Crippen LogP contribution in [-0.2, 0) is 31.1 Å². The maximum atomic E-state index is 10.9. The highest BCUT2D eigenvalue weighted by molar-refractivity contribution is 7.79. The van der Waals surface area contributed by atoms with Crippen LogP contribution in [0.1, 0.15) is 77.0 Å². The number of nitrogens with one attached hydrogen (secondary N) is 2. The van der Waals surface area contributed by atoms with E-state index in [1.807, 2.05) is 0 Å². The number of hydrogen-bond donors (Lipinski definition) is 2. The zero-order chi connectivity index (χ0) is 17.0. The largest absolute Gasteiger partial charge is 0.338 e. The Hall–Kier alpha value is -1.16. The van der Waals surface area contributed by atoms with Crippen molar-refractivity contribution in [1.82, 2.24) is 9.44 Å². The van der Waals surface area contributed by atoms with Crippen LogP contribution in [0.5, 0.6) is 0 Å². The SMILES string of the molecule is O=S1NC(CCCCCCCCCCCCC2=NOS(=O)N2)=NO1. The first-order valence-corrected chi connectivity index (χ1v) is 10.7. The van der Waals surface area contributed by atoms with Crippen molar-refractivity contribution >= 4 is 34.2 Å². The summed E-state index contributed by atoms with van der Waals surface area (Å²) in [4.78, 5) is 0. The lowest BCUT2D eigenvalue weighted by molar-refractivity contribution is 0.384. The molecule has 0 amide bonds. The van der Waals surface area contributed by atoms with E-state index in [4.69, 9.17) is 0 Å². The molecule has 0 bridgehead atoms. The first-order chi connectivity index (χ1) is 11.7. The van der Waals surface area contributed by atoms with Crippen molar-refractivity contribution in [3.8, 4) is 0 Å². The average Bonchev–Trinajstić information content (AvgIpc) is 3.17. The minimum atomic E-state index is -1.45. The summed E-state index contributed by atoms with van der Waals surface area (Å²) in [5, 5.41) is 7.40. The molecular weight excluding hydrogens is 352 g/mol. The summed E-state index contributed by atoms with van der Waals surface area (Å²) in [5.74, 6) is 1.40. The number of rotatable bonds is 13. The van der Waals surface area contributed by atoms with Gasteiger partial charge in [-0.05, 0) is 12.8 Å².